The number of nitrogens with zero attached hydrogens (tertiary/aromatic N) is 2. The molecule has 1 aromatic rings. The lowest BCUT2D eigenvalue weighted by atomic mass is 10.2. The summed E-state index contributed by atoms with van der Waals surface area (Å²) in [5.41, 5.74) is -0.335. The summed E-state index contributed by atoms with van der Waals surface area (Å²) in [5.74, 6) is -0.325. The van der Waals surface area contributed by atoms with Crippen molar-refractivity contribution in [2.24, 2.45) is 0 Å². The van der Waals surface area contributed by atoms with Crippen LogP contribution < -0.4 is 10.5 Å². The lowest BCUT2D eigenvalue weighted by Crippen LogP contribution is -2.37. The Balaban J connectivity index is 2.37. The fourth-order valence-electron chi connectivity index (χ4n) is 2.01. The lowest BCUT2D eigenvalue weighted by molar-refractivity contribution is -0.138. The monoisotopic (exact) mass is 239 g/mol. The molecule has 2 atom stereocenters. The molecule has 17 heavy (non-hydrogen) atoms. The first-order chi connectivity index (χ1) is 7.97. The van der Waals surface area contributed by atoms with Gasteiger partial charge in [-0.1, -0.05) is 0 Å². The van der Waals surface area contributed by atoms with Crippen molar-refractivity contribution in [2.45, 2.75) is 25.5 Å². The Kier molecular flexibility index (Phi) is 2.84. The number of anilines is 1. The van der Waals surface area contributed by atoms with Crippen molar-refractivity contribution in [3.8, 4) is 0 Å². The fraction of sp³-hybridized carbons (Fsp3) is 0.500. The standard InChI is InChI=1S/C10H13N3O4/c1-5-11-8(3-9(15)12-5)13-4-6(14)2-7(13)10(16)17/h3,6-7,14H,2,4H2,1H3,(H,16,17)(H,11,12,15). The number of aromatic amines is 1. The maximum absolute atomic E-state index is 11.3. The van der Waals surface area contributed by atoms with E-state index in [1.54, 1.807) is 6.92 Å². The van der Waals surface area contributed by atoms with Crippen LogP contribution in [-0.4, -0.2) is 44.8 Å². The van der Waals surface area contributed by atoms with Crippen LogP contribution in [-0.2, 0) is 4.79 Å². The van der Waals surface area contributed by atoms with Crippen molar-refractivity contribution in [1.82, 2.24) is 9.97 Å². The highest BCUT2D eigenvalue weighted by Crippen LogP contribution is 2.23. The molecule has 7 nitrogen and oxygen atoms in total. The van der Waals surface area contributed by atoms with Crippen molar-refractivity contribution in [1.29, 1.82) is 0 Å². The number of carboxylic acids is 1. The average Bonchev–Trinajstić information content (AvgIpc) is 2.59. The Bertz CT molecular complexity index is 499. The predicted molar refractivity (Wildman–Crippen MR) is 59.0 cm³/mol. The Labute approximate surface area is 96.7 Å². The molecular weight excluding hydrogens is 226 g/mol. The van der Waals surface area contributed by atoms with E-state index in [-0.39, 0.29) is 24.3 Å². The van der Waals surface area contributed by atoms with Crippen LogP contribution in [0.2, 0.25) is 0 Å². The molecule has 0 amide bonds. The molecule has 1 aliphatic heterocycles. The second kappa shape index (κ2) is 4.17. The highest BCUT2D eigenvalue weighted by Gasteiger charge is 2.36. The number of H-pyrrole nitrogens is 1. The molecule has 1 saturated heterocycles. The summed E-state index contributed by atoms with van der Waals surface area (Å²) < 4.78 is 0. The van der Waals surface area contributed by atoms with Crippen LogP contribution >= 0.6 is 0 Å². The molecule has 0 saturated carbocycles. The topological polar surface area (TPSA) is 107 Å². The lowest BCUT2D eigenvalue weighted by Gasteiger charge is -2.21. The molecular formula is C10H13N3O4. The molecule has 0 bridgehead atoms. The number of aliphatic carboxylic acids is 1. The van der Waals surface area contributed by atoms with E-state index >= 15 is 0 Å². The molecule has 2 rings (SSSR count). The predicted octanol–water partition coefficient (Wildman–Crippen LogP) is -0.897. The summed E-state index contributed by atoms with van der Waals surface area (Å²) in [5, 5.41) is 18.5. The van der Waals surface area contributed by atoms with Gasteiger partial charge in [0.05, 0.1) is 6.10 Å². The van der Waals surface area contributed by atoms with Gasteiger partial charge < -0.3 is 20.1 Å². The zero-order chi connectivity index (χ0) is 12.6. The minimum absolute atomic E-state index is 0.142. The van der Waals surface area contributed by atoms with E-state index < -0.39 is 18.1 Å². The number of hydrogen-bond donors (Lipinski definition) is 3. The molecule has 1 aliphatic rings. The summed E-state index contributed by atoms with van der Waals surface area (Å²) in [7, 11) is 0. The summed E-state index contributed by atoms with van der Waals surface area (Å²) in [6.45, 7) is 1.79. The molecule has 92 valence electrons. The number of aryl methyl sites for hydroxylation is 1. The first kappa shape index (κ1) is 11.6. The third-order valence-electron chi connectivity index (χ3n) is 2.70. The summed E-state index contributed by atoms with van der Waals surface area (Å²) >= 11 is 0. The van der Waals surface area contributed by atoms with Gasteiger partial charge in [-0.25, -0.2) is 9.78 Å². The van der Waals surface area contributed by atoms with Gasteiger partial charge in [-0.2, -0.15) is 0 Å². The van der Waals surface area contributed by atoms with Crippen LogP contribution in [0.3, 0.4) is 0 Å². The quantitative estimate of drug-likeness (QED) is 0.617. The maximum atomic E-state index is 11.3. The molecule has 2 unspecified atom stereocenters. The number of carboxylic acid groups (broad SMARTS) is 1. The van der Waals surface area contributed by atoms with E-state index in [1.807, 2.05) is 0 Å². The van der Waals surface area contributed by atoms with E-state index in [0.717, 1.165) is 0 Å². The van der Waals surface area contributed by atoms with Gasteiger partial charge >= 0.3 is 5.97 Å². The zero-order valence-electron chi connectivity index (χ0n) is 9.25. The van der Waals surface area contributed by atoms with Crippen LogP contribution in [0.15, 0.2) is 10.9 Å². The summed E-state index contributed by atoms with van der Waals surface area (Å²) in [4.78, 5) is 30.3. The van der Waals surface area contributed by atoms with Crippen molar-refractivity contribution >= 4 is 11.8 Å². The van der Waals surface area contributed by atoms with Crippen molar-refractivity contribution in [3.63, 3.8) is 0 Å². The molecule has 2 heterocycles. The third kappa shape index (κ3) is 2.28. The first-order valence-corrected chi connectivity index (χ1v) is 5.23. The molecule has 7 heteroatoms. The van der Waals surface area contributed by atoms with Gasteiger partial charge in [0, 0.05) is 19.0 Å². The Morgan fingerprint density at radius 2 is 2.35 bits per heavy atom. The molecule has 0 aromatic carbocycles. The van der Waals surface area contributed by atoms with Crippen molar-refractivity contribution in [3.05, 3.63) is 22.2 Å². The van der Waals surface area contributed by atoms with E-state index in [4.69, 9.17) is 5.11 Å². The SMILES string of the molecule is Cc1nc(N2CC(O)CC2C(=O)O)cc(=O)[nH]1. The van der Waals surface area contributed by atoms with Crippen LogP contribution in [0.5, 0.6) is 0 Å². The summed E-state index contributed by atoms with van der Waals surface area (Å²) in [6.07, 6.45) is -0.569. The molecule has 1 aromatic heterocycles. The maximum Gasteiger partial charge on any atom is 0.326 e. The van der Waals surface area contributed by atoms with Gasteiger partial charge in [0.1, 0.15) is 17.7 Å². The van der Waals surface area contributed by atoms with E-state index in [9.17, 15) is 14.7 Å². The van der Waals surface area contributed by atoms with Gasteiger partial charge in [0.2, 0.25) is 0 Å². The van der Waals surface area contributed by atoms with Gasteiger partial charge in [-0.05, 0) is 6.92 Å². The second-order valence-electron chi connectivity index (χ2n) is 4.08. The fourth-order valence-corrected chi connectivity index (χ4v) is 2.01. The smallest absolute Gasteiger partial charge is 0.326 e. The average molecular weight is 239 g/mol. The highest BCUT2D eigenvalue weighted by atomic mass is 16.4. The molecule has 0 radical (unpaired) electrons. The summed E-state index contributed by atoms with van der Waals surface area (Å²) in [6, 6.07) is 0.403. The van der Waals surface area contributed by atoms with Gasteiger partial charge in [0.25, 0.3) is 5.56 Å². The van der Waals surface area contributed by atoms with Crippen LogP contribution in [0.25, 0.3) is 0 Å². The van der Waals surface area contributed by atoms with Crippen LogP contribution in [0, 0.1) is 6.92 Å². The third-order valence-corrected chi connectivity index (χ3v) is 2.70. The number of rotatable bonds is 2. The van der Waals surface area contributed by atoms with Gasteiger partial charge in [0.15, 0.2) is 0 Å². The van der Waals surface area contributed by atoms with Gasteiger partial charge in [-0.15, -0.1) is 0 Å². The van der Waals surface area contributed by atoms with Crippen LogP contribution in [0.1, 0.15) is 12.2 Å². The van der Waals surface area contributed by atoms with E-state index in [0.29, 0.717) is 5.82 Å². The van der Waals surface area contributed by atoms with Gasteiger partial charge in [-0.3, -0.25) is 4.79 Å². The Hall–Kier alpha value is -1.89. The van der Waals surface area contributed by atoms with E-state index in [2.05, 4.69) is 9.97 Å². The second-order valence-corrected chi connectivity index (χ2v) is 4.08. The number of aliphatic hydroxyl groups excluding tert-OH is 1. The number of β-amino-alcohol motifs (C(OH)–C–C–N with tert-alkyl or cyclic N) is 1. The minimum Gasteiger partial charge on any atom is -0.480 e. The largest absolute Gasteiger partial charge is 0.480 e. The Morgan fingerprint density at radius 3 is 2.94 bits per heavy atom. The number of hydrogen-bond acceptors (Lipinski definition) is 5. The number of aromatic nitrogens is 2. The van der Waals surface area contributed by atoms with E-state index in [1.165, 1.54) is 11.0 Å². The highest BCUT2D eigenvalue weighted by molar-refractivity contribution is 5.78. The normalized spacial score (nSPS) is 24.0. The molecule has 3 N–H and O–H groups in total. The minimum atomic E-state index is -1.03. The number of nitrogens with one attached hydrogen (secondary N) is 1. The van der Waals surface area contributed by atoms with Crippen molar-refractivity contribution in [2.75, 3.05) is 11.4 Å². The molecule has 0 aliphatic carbocycles. The molecule has 1 fully saturated rings. The Morgan fingerprint density at radius 1 is 1.65 bits per heavy atom. The number of aliphatic hydroxyl groups is 1. The number of carbonyl (C=O) groups is 1. The zero-order valence-corrected chi connectivity index (χ0v) is 9.25. The molecule has 0 spiro atoms. The van der Waals surface area contributed by atoms with Crippen molar-refractivity contribution < 1.29 is 15.0 Å². The first-order valence-electron chi connectivity index (χ1n) is 5.23. The van der Waals surface area contributed by atoms with Crippen LogP contribution in [0.4, 0.5) is 5.82 Å².